The minimum Gasteiger partial charge on any atom is -0.408 e. The fourth-order valence-electron chi connectivity index (χ4n) is 3.97. The Morgan fingerprint density at radius 3 is 2.61 bits per heavy atom. The molecule has 2 aromatic carbocycles. The van der Waals surface area contributed by atoms with E-state index in [4.69, 9.17) is 9.15 Å². The topological polar surface area (TPSA) is 76.7 Å². The molecule has 3 aromatic rings. The number of amides is 1. The molecule has 0 saturated carbocycles. The van der Waals surface area contributed by atoms with Crippen LogP contribution in [0.15, 0.2) is 57.7 Å². The summed E-state index contributed by atoms with van der Waals surface area (Å²) >= 11 is 0. The van der Waals surface area contributed by atoms with Crippen LogP contribution in [0.3, 0.4) is 0 Å². The molecule has 7 nitrogen and oxygen atoms in total. The van der Waals surface area contributed by atoms with E-state index in [2.05, 4.69) is 41.4 Å². The number of benzene rings is 2. The van der Waals surface area contributed by atoms with Crippen LogP contribution in [0.4, 0.5) is 0 Å². The monoisotopic (exact) mass is 423 g/mol. The van der Waals surface area contributed by atoms with Crippen molar-refractivity contribution >= 4 is 17.0 Å². The number of carbonyl (C=O) groups excluding carboxylic acids is 1. The summed E-state index contributed by atoms with van der Waals surface area (Å²) in [5.41, 5.74) is 3.63. The highest BCUT2D eigenvalue weighted by Gasteiger charge is 2.20. The fourth-order valence-corrected chi connectivity index (χ4v) is 3.97. The van der Waals surface area contributed by atoms with Gasteiger partial charge in [-0.25, -0.2) is 4.79 Å². The third kappa shape index (κ3) is 5.42. The number of hydrogen-bond donors (Lipinski definition) is 1. The lowest BCUT2D eigenvalue weighted by Crippen LogP contribution is -2.43. The van der Waals surface area contributed by atoms with E-state index in [-0.39, 0.29) is 17.7 Å². The van der Waals surface area contributed by atoms with Gasteiger partial charge in [0.25, 0.3) is 0 Å². The van der Waals surface area contributed by atoms with E-state index in [9.17, 15) is 9.59 Å². The van der Waals surface area contributed by atoms with Gasteiger partial charge in [-0.2, -0.15) is 0 Å². The van der Waals surface area contributed by atoms with Crippen LogP contribution >= 0.6 is 0 Å². The molecule has 4 rings (SSSR count). The summed E-state index contributed by atoms with van der Waals surface area (Å²) < 4.78 is 12.3. The first-order valence-corrected chi connectivity index (χ1v) is 10.8. The van der Waals surface area contributed by atoms with Gasteiger partial charge in [-0.05, 0) is 31.0 Å². The van der Waals surface area contributed by atoms with Crippen LogP contribution in [0.2, 0.25) is 0 Å². The predicted molar refractivity (Wildman–Crippen MR) is 119 cm³/mol. The number of para-hydroxylation sites is 2. The average Bonchev–Trinajstić information content (AvgIpc) is 3.10. The summed E-state index contributed by atoms with van der Waals surface area (Å²) in [5, 5.41) is 3.20. The van der Waals surface area contributed by atoms with Crippen LogP contribution in [0.5, 0.6) is 0 Å². The molecule has 0 spiro atoms. The Labute approximate surface area is 181 Å². The number of nitrogens with one attached hydrogen (secondary N) is 1. The Kier molecular flexibility index (Phi) is 6.84. The Bertz CT molecular complexity index is 1060. The number of fused-ring (bicyclic) bond motifs is 1. The van der Waals surface area contributed by atoms with Crippen LogP contribution in [-0.4, -0.2) is 48.2 Å². The average molecular weight is 424 g/mol. The van der Waals surface area contributed by atoms with Crippen molar-refractivity contribution in [3.05, 3.63) is 70.2 Å². The van der Waals surface area contributed by atoms with E-state index in [1.807, 2.05) is 18.2 Å². The van der Waals surface area contributed by atoms with E-state index in [0.717, 1.165) is 43.9 Å². The van der Waals surface area contributed by atoms with Gasteiger partial charge in [0.05, 0.1) is 24.8 Å². The van der Waals surface area contributed by atoms with E-state index in [1.54, 1.807) is 10.6 Å². The molecule has 0 bridgehead atoms. The highest BCUT2D eigenvalue weighted by Crippen LogP contribution is 2.17. The Balaban J connectivity index is 1.37. The highest BCUT2D eigenvalue weighted by atomic mass is 16.5. The minimum atomic E-state index is -0.383. The van der Waals surface area contributed by atoms with Gasteiger partial charge in [0.2, 0.25) is 5.91 Å². The summed E-state index contributed by atoms with van der Waals surface area (Å²) in [6, 6.07) is 15.6. The van der Waals surface area contributed by atoms with E-state index < -0.39 is 0 Å². The van der Waals surface area contributed by atoms with Crippen molar-refractivity contribution in [1.29, 1.82) is 0 Å². The number of aryl methyl sites for hydroxylation is 2. The van der Waals surface area contributed by atoms with E-state index >= 15 is 0 Å². The zero-order valence-corrected chi connectivity index (χ0v) is 17.9. The lowest BCUT2D eigenvalue weighted by Gasteiger charge is -2.31. The molecule has 0 radical (unpaired) electrons. The molecule has 0 aliphatic carbocycles. The molecule has 1 fully saturated rings. The van der Waals surface area contributed by atoms with Crippen LogP contribution in [-0.2, 0) is 16.1 Å². The van der Waals surface area contributed by atoms with Crippen LogP contribution in [0, 0.1) is 6.92 Å². The largest absolute Gasteiger partial charge is 0.419 e. The summed E-state index contributed by atoms with van der Waals surface area (Å²) in [7, 11) is 0. The molecule has 1 saturated heterocycles. The van der Waals surface area contributed by atoms with Crippen molar-refractivity contribution in [2.75, 3.05) is 32.8 Å². The number of carbonyl (C=O) groups is 1. The van der Waals surface area contributed by atoms with Gasteiger partial charge < -0.3 is 14.5 Å². The van der Waals surface area contributed by atoms with Gasteiger partial charge >= 0.3 is 5.76 Å². The molecule has 164 valence electrons. The molecule has 0 unspecified atom stereocenters. The van der Waals surface area contributed by atoms with Crippen molar-refractivity contribution in [2.45, 2.75) is 32.4 Å². The van der Waals surface area contributed by atoms with Gasteiger partial charge in [-0.1, -0.05) is 42.0 Å². The Hall–Kier alpha value is -2.90. The highest BCUT2D eigenvalue weighted by molar-refractivity contribution is 5.76. The number of hydrogen-bond acceptors (Lipinski definition) is 5. The molecule has 2 heterocycles. The van der Waals surface area contributed by atoms with Gasteiger partial charge in [-0.15, -0.1) is 0 Å². The molecular formula is C24H29N3O4. The van der Waals surface area contributed by atoms with Crippen molar-refractivity contribution in [2.24, 2.45) is 0 Å². The molecule has 1 aliphatic heterocycles. The zero-order valence-electron chi connectivity index (χ0n) is 17.9. The number of morpholine rings is 1. The maximum atomic E-state index is 12.7. The molecular weight excluding hydrogens is 394 g/mol. The number of aromatic nitrogens is 1. The quantitative estimate of drug-likeness (QED) is 0.603. The first-order valence-electron chi connectivity index (χ1n) is 10.8. The third-order valence-corrected chi connectivity index (χ3v) is 5.72. The maximum absolute atomic E-state index is 12.7. The van der Waals surface area contributed by atoms with Crippen LogP contribution in [0.25, 0.3) is 11.1 Å². The van der Waals surface area contributed by atoms with Gasteiger partial charge in [0.1, 0.15) is 0 Å². The summed E-state index contributed by atoms with van der Waals surface area (Å²) in [4.78, 5) is 27.2. The first kappa shape index (κ1) is 21.3. The predicted octanol–water partition coefficient (Wildman–Crippen LogP) is 2.87. The smallest absolute Gasteiger partial charge is 0.408 e. The van der Waals surface area contributed by atoms with Crippen LogP contribution < -0.4 is 11.1 Å². The molecule has 1 amide bonds. The summed E-state index contributed by atoms with van der Waals surface area (Å²) in [6.45, 7) is 6.44. The first-order chi connectivity index (χ1) is 15.1. The van der Waals surface area contributed by atoms with Gasteiger partial charge in [-0.3, -0.25) is 14.3 Å². The number of nitrogens with zero attached hydrogens (tertiary/aromatic N) is 2. The molecule has 1 aliphatic rings. The van der Waals surface area contributed by atoms with Crippen molar-refractivity contribution in [3.8, 4) is 0 Å². The SMILES string of the molecule is Cc1ccc([C@H](CN2CCOCC2)NC(=O)CCCn2c(=O)oc3ccccc32)cc1. The minimum absolute atomic E-state index is 0.0142. The van der Waals surface area contributed by atoms with Gasteiger partial charge in [0, 0.05) is 32.6 Å². The van der Waals surface area contributed by atoms with Gasteiger partial charge in [0.15, 0.2) is 5.58 Å². The second kappa shape index (κ2) is 9.94. The van der Waals surface area contributed by atoms with E-state index in [1.165, 1.54) is 5.56 Å². The summed E-state index contributed by atoms with van der Waals surface area (Å²) in [6.07, 6.45) is 0.908. The lowest BCUT2D eigenvalue weighted by molar-refractivity contribution is -0.122. The third-order valence-electron chi connectivity index (χ3n) is 5.72. The molecule has 1 aromatic heterocycles. The van der Waals surface area contributed by atoms with E-state index in [0.29, 0.717) is 25.0 Å². The number of ether oxygens (including phenoxy) is 1. The normalized spacial score (nSPS) is 15.8. The lowest BCUT2D eigenvalue weighted by atomic mass is 10.0. The summed E-state index contributed by atoms with van der Waals surface area (Å²) in [5.74, 6) is -0.397. The van der Waals surface area contributed by atoms with Crippen molar-refractivity contribution in [1.82, 2.24) is 14.8 Å². The number of rotatable bonds is 8. The number of oxazole rings is 1. The second-order valence-corrected chi connectivity index (χ2v) is 8.03. The Morgan fingerprint density at radius 2 is 1.84 bits per heavy atom. The molecule has 1 N–H and O–H groups in total. The molecule has 7 heteroatoms. The molecule has 31 heavy (non-hydrogen) atoms. The Morgan fingerprint density at radius 1 is 1.10 bits per heavy atom. The van der Waals surface area contributed by atoms with Crippen molar-refractivity contribution < 1.29 is 13.9 Å². The fraction of sp³-hybridized carbons (Fsp3) is 0.417. The van der Waals surface area contributed by atoms with Crippen LogP contribution in [0.1, 0.15) is 30.0 Å². The van der Waals surface area contributed by atoms with Crippen molar-refractivity contribution in [3.63, 3.8) is 0 Å². The second-order valence-electron chi connectivity index (χ2n) is 8.03. The molecule has 1 atom stereocenters. The zero-order chi connectivity index (χ0) is 21.6. The standard InChI is InChI=1S/C24H29N3O4/c1-18-8-10-19(11-9-18)20(17-26-13-15-30-16-14-26)25-23(28)7-4-12-27-21-5-2-3-6-22(21)31-24(27)29/h2-3,5-6,8-11,20H,4,7,12-17H2,1H3,(H,25,28)/t20-/m0/s1. The maximum Gasteiger partial charge on any atom is 0.419 e.